The van der Waals surface area contributed by atoms with E-state index in [9.17, 15) is 0 Å². The molecule has 1 rings (SSSR count). The maximum atomic E-state index is 7.52. The van der Waals surface area contributed by atoms with Crippen LogP contribution in [0.3, 0.4) is 0 Å². The van der Waals surface area contributed by atoms with Crippen LogP contribution in [0.4, 0.5) is 0 Å². The van der Waals surface area contributed by atoms with Gasteiger partial charge in [0, 0.05) is 19.1 Å². The van der Waals surface area contributed by atoms with Crippen molar-refractivity contribution in [2.24, 2.45) is 5.92 Å². The lowest BCUT2D eigenvalue weighted by molar-refractivity contribution is 0.262. The fourth-order valence-electron chi connectivity index (χ4n) is 1.90. The molecule has 0 bridgehead atoms. The van der Waals surface area contributed by atoms with Crippen LogP contribution in [0.2, 0.25) is 0 Å². The average Bonchev–Trinajstić information content (AvgIpc) is 2.30. The number of nitrogens with one attached hydrogen (secondary N) is 1. The molecule has 0 aliphatic carbocycles. The zero-order valence-electron chi connectivity index (χ0n) is 8.46. The van der Waals surface area contributed by atoms with Gasteiger partial charge in [0.15, 0.2) is 0 Å². The predicted octanol–water partition coefficient (Wildman–Crippen LogP) is 0.865. The summed E-state index contributed by atoms with van der Waals surface area (Å²) in [5.41, 5.74) is 0. The number of likely N-dealkylation sites (N-methyl/N-ethyl adjacent to an activating group) is 1. The molecule has 0 aromatic heterocycles. The van der Waals surface area contributed by atoms with Gasteiger partial charge in [-0.2, -0.15) is 0 Å². The summed E-state index contributed by atoms with van der Waals surface area (Å²) in [5.74, 6) is 1.38. The van der Waals surface area contributed by atoms with E-state index in [0.29, 0.717) is 17.8 Å². The van der Waals surface area contributed by atoms with E-state index in [1.807, 2.05) is 6.92 Å². The maximum Gasteiger partial charge on any atom is 0.0926 e. The highest BCUT2D eigenvalue weighted by Gasteiger charge is 2.30. The molecule has 2 atom stereocenters. The van der Waals surface area contributed by atoms with Crippen molar-refractivity contribution in [2.45, 2.75) is 19.9 Å². The highest BCUT2D eigenvalue weighted by Crippen LogP contribution is 2.19. The van der Waals surface area contributed by atoms with E-state index in [2.05, 4.69) is 30.8 Å². The number of likely N-dealkylation sites (tertiary alicyclic amines) is 1. The van der Waals surface area contributed by atoms with Crippen molar-refractivity contribution in [1.29, 1.82) is 5.41 Å². The molecule has 0 saturated carbocycles. The SMILES string of the molecule is CC(=N)N1CC(C)C(N(C)C)C1. The van der Waals surface area contributed by atoms with Crippen molar-refractivity contribution in [1.82, 2.24) is 9.80 Å². The number of nitrogens with zero attached hydrogens (tertiary/aromatic N) is 2. The van der Waals surface area contributed by atoms with Gasteiger partial charge in [0.25, 0.3) is 0 Å². The summed E-state index contributed by atoms with van der Waals surface area (Å²) in [6.07, 6.45) is 0. The summed E-state index contributed by atoms with van der Waals surface area (Å²) in [4.78, 5) is 4.41. The molecule has 1 saturated heterocycles. The van der Waals surface area contributed by atoms with E-state index in [-0.39, 0.29) is 0 Å². The third-order valence-electron chi connectivity index (χ3n) is 2.71. The molecule has 12 heavy (non-hydrogen) atoms. The van der Waals surface area contributed by atoms with Crippen LogP contribution in [-0.4, -0.2) is 48.9 Å². The molecule has 1 fully saturated rings. The first kappa shape index (κ1) is 9.52. The van der Waals surface area contributed by atoms with E-state index in [0.717, 1.165) is 13.1 Å². The Hall–Kier alpha value is -0.570. The normalized spacial score (nSPS) is 29.9. The quantitative estimate of drug-likeness (QED) is 0.466. The second-order valence-electron chi connectivity index (χ2n) is 4.00. The van der Waals surface area contributed by atoms with Crippen LogP contribution >= 0.6 is 0 Å². The Balaban J connectivity index is 2.56. The van der Waals surface area contributed by atoms with E-state index < -0.39 is 0 Å². The fraction of sp³-hybridized carbons (Fsp3) is 0.889. The number of rotatable bonds is 1. The molecule has 0 aromatic carbocycles. The maximum absolute atomic E-state index is 7.52. The van der Waals surface area contributed by atoms with Gasteiger partial charge in [-0.25, -0.2) is 0 Å². The lowest BCUT2D eigenvalue weighted by Crippen LogP contribution is -2.35. The summed E-state index contributed by atoms with van der Waals surface area (Å²) in [5, 5.41) is 7.52. The lowest BCUT2D eigenvalue weighted by atomic mass is 10.1. The van der Waals surface area contributed by atoms with Crippen molar-refractivity contribution >= 4 is 5.84 Å². The smallest absolute Gasteiger partial charge is 0.0926 e. The summed E-state index contributed by atoms with van der Waals surface area (Å²) in [6, 6.07) is 0.616. The van der Waals surface area contributed by atoms with Gasteiger partial charge in [-0.05, 0) is 26.9 Å². The van der Waals surface area contributed by atoms with Gasteiger partial charge in [-0.1, -0.05) is 6.92 Å². The third kappa shape index (κ3) is 1.78. The minimum Gasteiger partial charge on any atom is -0.359 e. The van der Waals surface area contributed by atoms with Crippen molar-refractivity contribution in [3.05, 3.63) is 0 Å². The topological polar surface area (TPSA) is 30.3 Å². The van der Waals surface area contributed by atoms with Crippen LogP contribution in [0.1, 0.15) is 13.8 Å². The molecule has 70 valence electrons. The molecule has 0 spiro atoms. The van der Waals surface area contributed by atoms with E-state index in [1.165, 1.54) is 0 Å². The molecule has 1 heterocycles. The lowest BCUT2D eigenvalue weighted by Gasteiger charge is -2.22. The highest BCUT2D eigenvalue weighted by molar-refractivity contribution is 5.76. The Morgan fingerprint density at radius 3 is 2.25 bits per heavy atom. The second kappa shape index (κ2) is 3.44. The van der Waals surface area contributed by atoms with Crippen LogP contribution in [0.25, 0.3) is 0 Å². The van der Waals surface area contributed by atoms with Crippen molar-refractivity contribution in [2.75, 3.05) is 27.2 Å². The summed E-state index contributed by atoms with van der Waals surface area (Å²) in [7, 11) is 4.23. The van der Waals surface area contributed by atoms with Crippen LogP contribution in [0.15, 0.2) is 0 Å². The van der Waals surface area contributed by atoms with Crippen molar-refractivity contribution in [3.63, 3.8) is 0 Å². The predicted molar refractivity (Wildman–Crippen MR) is 51.6 cm³/mol. The molecule has 3 nitrogen and oxygen atoms in total. The van der Waals surface area contributed by atoms with E-state index in [4.69, 9.17) is 5.41 Å². The van der Waals surface area contributed by atoms with Crippen molar-refractivity contribution in [3.8, 4) is 0 Å². The zero-order chi connectivity index (χ0) is 9.30. The fourth-order valence-corrected chi connectivity index (χ4v) is 1.90. The van der Waals surface area contributed by atoms with Gasteiger partial charge >= 0.3 is 0 Å². The van der Waals surface area contributed by atoms with Crippen LogP contribution < -0.4 is 0 Å². The summed E-state index contributed by atoms with van der Waals surface area (Å²) in [6.45, 7) is 6.18. The molecular formula is C9H19N3. The molecular weight excluding hydrogens is 150 g/mol. The van der Waals surface area contributed by atoms with Gasteiger partial charge in [0.1, 0.15) is 0 Å². The first-order valence-electron chi connectivity index (χ1n) is 4.49. The van der Waals surface area contributed by atoms with Crippen LogP contribution in [0.5, 0.6) is 0 Å². The Bertz CT molecular complexity index is 177. The standard InChI is InChI=1S/C9H19N3/c1-7-5-12(8(2)10)6-9(7)11(3)4/h7,9-10H,5-6H2,1-4H3. The third-order valence-corrected chi connectivity index (χ3v) is 2.71. The zero-order valence-corrected chi connectivity index (χ0v) is 8.46. The van der Waals surface area contributed by atoms with Gasteiger partial charge in [-0.15, -0.1) is 0 Å². The van der Waals surface area contributed by atoms with Crippen molar-refractivity contribution < 1.29 is 0 Å². The monoisotopic (exact) mass is 169 g/mol. The number of amidine groups is 1. The largest absolute Gasteiger partial charge is 0.359 e. The molecule has 1 N–H and O–H groups in total. The molecule has 0 amide bonds. The van der Waals surface area contributed by atoms with Gasteiger partial charge in [0.2, 0.25) is 0 Å². The Morgan fingerprint density at radius 2 is 2.00 bits per heavy atom. The second-order valence-corrected chi connectivity index (χ2v) is 4.00. The summed E-state index contributed by atoms with van der Waals surface area (Å²) < 4.78 is 0. The van der Waals surface area contributed by atoms with Crippen LogP contribution in [-0.2, 0) is 0 Å². The Kier molecular flexibility index (Phi) is 2.73. The average molecular weight is 169 g/mol. The molecule has 2 unspecified atom stereocenters. The minimum absolute atomic E-state index is 0.616. The highest BCUT2D eigenvalue weighted by atomic mass is 15.3. The Labute approximate surface area is 74.9 Å². The first-order chi connectivity index (χ1) is 5.52. The van der Waals surface area contributed by atoms with E-state index >= 15 is 0 Å². The molecule has 1 aliphatic rings. The van der Waals surface area contributed by atoms with E-state index in [1.54, 1.807) is 0 Å². The van der Waals surface area contributed by atoms with Gasteiger partial charge in [-0.3, -0.25) is 5.41 Å². The molecule has 0 radical (unpaired) electrons. The number of hydrogen-bond acceptors (Lipinski definition) is 2. The van der Waals surface area contributed by atoms with Gasteiger partial charge in [0.05, 0.1) is 5.84 Å². The minimum atomic E-state index is 0.616. The molecule has 1 aliphatic heterocycles. The first-order valence-corrected chi connectivity index (χ1v) is 4.49. The molecule has 0 aromatic rings. The number of hydrogen-bond donors (Lipinski definition) is 1. The Morgan fingerprint density at radius 1 is 1.42 bits per heavy atom. The van der Waals surface area contributed by atoms with Gasteiger partial charge < -0.3 is 9.80 Å². The molecule has 3 heteroatoms. The summed E-state index contributed by atoms with van der Waals surface area (Å²) >= 11 is 0. The van der Waals surface area contributed by atoms with Crippen LogP contribution in [0, 0.1) is 11.3 Å².